The molecule has 0 aliphatic carbocycles. The number of amides is 1. The minimum absolute atomic E-state index is 0. The van der Waals surface area contributed by atoms with E-state index < -0.39 is 5.82 Å². The maximum atomic E-state index is 14.3. The second kappa shape index (κ2) is 10.0. The van der Waals surface area contributed by atoms with Crippen molar-refractivity contribution < 1.29 is 13.9 Å². The summed E-state index contributed by atoms with van der Waals surface area (Å²) < 4.78 is 19.8. The van der Waals surface area contributed by atoms with Crippen LogP contribution in [0.15, 0.2) is 48.5 Å². The van der Waals surface area contributed by atoms with Gasteiger partial charge in [0, 0.05) is 12.5 Å². The third kappa shape index (κ3) is 6.03. The van der Waals surface area contributed by atoms with Gasteiger partial charge in [0.25, 0.3) is 0 Å². The fourth-order valence-corrected chi connectivity index (χ4v) is 2.32. The summed E-state index contributed by atoms with van der Waals surface area (Å²) in [5, 5.41) is 5.85. The highest BCUT2D eigenvalue weighted by Gasteiger charge is 2.16. The molecule has 1 amide bonds. The van der Waals surface area contributed by atoms with Gasteiger partial charge in [-0.15, -0.1) is 12.4 Å². The van der Waals surface area contributed by atoms with Crippen molar-refractivity contribution in [2.24, 2.45) is 5.92 Å². The first-order valence-electron chi connectivity index (χ1n) is 7.98. The molecule has 25 heavy (non-hydrogen) atoms. The molecule has 0 heterocycles. The number of ether oxygens (including phenoxy) is 1. The van der Waals surface area contributed by atoms with Gasteiger partial charge in [-0.2, -0.15) is 0 Å². The SMILES string of the molecule is CNCC(C)C(=O)NC(C)c1ccc(Oc2ccccc2)c(F)c1.Cl. The molecular weight excluding hydrogens is 343 g/mol. The summed E-state index contributed by atoms with van der Waals surface area (Å²) in [5.41, 5.74) is 0.693. The molecule has 4 nitrogen and oxygen atoms in total. The molecule has 2 N–H and O–H groups in total. The highest BCUT2D eigenvalue weighted by molar-refractivity contribution is 5.85. The summed E-state index contributed by atoms with van der Waals surface area (Å²) >= 11 is 0. The molecule has 2 aromatic carbocycles. The fourth-order valence-electron chi connectivity index (χ4n) is 2.32. The minimum atomic E-state index is -0.458. The van der Waals surface area contributed by atoms with E-state index in [2.05, 4.69) is 10.6 Å². The topological polar surface area (TPSA) is 50.4 Å². The van der Waals surface area contributed by atoms with E-state index in [1.807, 2.05) is 32.0 Å². The Labute approximate surface area is 154 Å². The third-order valence-electron chi connectivity index (χ3n) is 3.74. The Kier molecular flexibility index (Phi) is 8.38. The van der Waals surface area contributed by atoms with Gasteiger partial charge >= 0.3 is 0 Å². The predicted octanol–water partition coefficient (Wildman–Crippen LogP) is 4.07. The van der Waals surface area contributed by atoms with E-state index in [0.717, 1.165) is 0 Å². The van der Waals surface area contributed by atoms with E-state index in [-0.39, 0.29) is 36.0 Å². The van der Waals surface area contributed by atoms with Crippen molar-refractivity contribution in [3.05, 3.63) is 59.9 Å². The van der Waals surface area contributed by atoms with Gasteiger partial charge in [0.2, 0.25) is 5.91 Å². The van der Waals surface area contributed by atoms with Crippen molar-refractivity contribution in [2.75, 3.05) is 13.6 Å². The lowest BCUT2D eigenvalue weighted by atomic mass is 10.1. The molecule has 0 aliphatic rings. The van der Waals surface area contributed by atoms with Gasteiger partial charge in [-0.3, -0.25) is 4.79 Å². The van der Waals surface area contributed by atoms with Crippen LogP contribution in [0.2, 0.25) is 0 Å². The molecule has 2 atom stereocenters. The van der Waals surface area contributed by atoms with E-state index in [9.17, 15) is 9.18 Å². The molecular formula is C19H24ClFN2O2. The summed E-state index contributed by atoms with van der Waals surface area (Å²) in [5.74, 6) is 0.0593. The molecule has 0 bridgehead atoms. The standard InChI is InChI=1S/C19H23FN2O2.ClH/c1-13(12-21-3)19(23)22-14(2)15-9-10-18(17(20)11-15)24-16-7-5-4-6-8-16;/h4-11,13-14,21H,12H2,1-3H3,(H,22,23);1H. The largest absolute Gasteiger partial charge is 0.454 e. The summed E-state index contributed by atoms with van der Waals surface area (Å²) in [6.07, 6.45) is 0. The Morgan fingerprint density at radius 3 is 2.44 bits per heavy atom. The van der Waals surface area contributed by atoms with Crippen LogP contribution >= 0.6 is 12.4 Å². The Morgan fingerprint density at radius 2 is 1.84 bits per heavy atom. The third-order valence-corrected chi connectivity index (χ3v) is 3.74. The van der Waals surface area contributed by atoms with Crippen molar-refractivity contribution in [3.63, 3.8) is 0 Å². The lowest BCUT2D eigenvalue weighted by molar-refractivity contribution is -0.125. The normalized spacial score (nSPS) is 12.6. The average molecular weight is 367 g/mol. The monoisotopic (exact) mass is 366 g/mol. The van der Waals surface area contributed by atoms with E-state index in [4.69, 9.17) is 4.74 Å². The Balaban J connectivity index is 0.00000312. The quantitative estimate of drug-likeness (QED) is 0.776. The number of benzene rings is 2. The van der Waals surface area contributed by atoms with Gasteiger partial charge in [-0.1, -0.05) is 31.2 Å². The van der Waals surface area contributed by atoms with Crippen LogP contribution in [-0.2, 0) is 4.79 Å². The van der Waals surface area contributed by atoms with Gasteiger partial charge < -0.3 is 15.4 Å². The molecule has 0 saturated heterocycles. The van der Waals surface area contributed by atoms with Crippen LogP contribution in [0.3, 0.4) is 0 Å². The van der Waals surface area contributed by atoms with Gasteiger partial charge in [-0.25, -0.2) is 4.39 Å². The first-order chi connectivity index (χ1) is 11.5. The van der Waals surface area contributed by atoms with E-state index in [1.165, 1.54) is 6.07 Å². The summed E-state index contributed by atoms with van der Waals surface area (Å²) in [4.78, 5) is 12.0. The zero-order chi connectivity index (χ0) is 17.5. The molecule has 0 fully saturated rings. The number of hydrogen-bond donors (Lipinski definition) is 2. The van der Waals surface area contributed by atoms with Crippen molar-refractivity contribution in [1.82, 2.24) is 10.6 Å². The number of halogens is 2. The molecule has 2 aromatic rings. The van der Waals surface area contributed by atoms with Crippen LogP contribution < -0.4 is 15.4 Å². The molecule has 0 radical (unpaired) electrons. The lowest BCUT2D eigenvalue weighted by Gasteiger charge is -2.18. The first kappa shape index (κ1) is 20.9. The Hall–Kier alpha value is -2.11. The molecule has 0 saturated carbocycles. The zero-order valence-corrected chi connectivity index (χ0v) is 15.4. The number of para-hydroxylation sites is 1. The van der Waals surface area contributed by atoms with Gasteiger partial charge in [0.1, 0.15) is 5.75 Å². The number of nitrogens with one attached hydrogen (secondary N) is 2. The molecule has 0 spiro atoms. The summed E-state index contributed by atoms with van der Waals surface area (Å²) in [6.45, 7) is 4.27. The minimum Gasteiger partial charge on any atom is -0.454 e. The van der Waals surface area contributed by atoms with Gasteiger partial charge in [0.05, 0.1) is 6.04 Å². The van der Waals surface area contributed by atoms with Crippen molar-refractivity contribution in [1.29, 1.82) is 0 Å². The molecule has 6 heteroatoms. The van der Waals surface area contributed by atoms with Crippen LogP contribution in [-0.4, -0.2) is 19.5 Å². The molecule has 2 rings (SSSR count). The summed E-state index contributed by atoms with van der Waals surface area (Å²) in [7, 11) is 1.80. The van der Waals surface area contributed by atoms with Crippen molar-refractivity contribution in [3.8, 4) is 11.5 Å². The number of hydrogen-bond acceptors (Lipinski definition) is 3. The maximum absolute atomic E-state index is 14.3. The van der Waals surface area contributed by atoms with Crippen LogP contribution in [0.1, 0.15) is 25.5 Å². The van der Waals surface area contributed by atoms with Gasteiger partial charge in [-0.05, 0) is 43.8 Å². The lowest BCUT2D eigenvalue weighted by Crippen LogP contribution is -2.35. The molecule has 136 valence electrons. The van der Waals surface area contributed by atoms with Crippen LogP contribution in [0.25, 0.3) is 0 Å². The van der Waals surface area contributed by atoms with E-state index in [1.54, 1.807) is 31.3 Å². The smallest absolute Gasteiger partial charge is 0.224 e. The first-order valence-corrected chi connectivity index (χ1v) is 7.98. The summed E-state index contributed by atoms with van der Waals surface area (Å²) in [6, 6.07) is 13.5. The maximum Gasteiger partial charge on any atom is 0.224 e. The number of carbonyl (C=O) groups is 1. The molecule has 0 aliphatic heterocycles. The average Bonchev–Trinajstić information content (AvgIpc) is 2.57. The van der Waals surface area contributed by atoms with Crippen molar-refractivity contribution >= 4 is 18.3 Å². The Bertz CT molecular complexity index is 682. The number of rotatable bonds is 7. The molecule has 2 unspecified atom stereocenters. The second-order valence-corrected chi connectivity index (χ2v) is 5.79. The van der Waals surface area contributed by atoms with Crippen LogP contribution in [0, 0.1) is 11.7 Å². The van der Waals surface area contributed by atoms with E-state index in [0.29, 0.717) is 17.9 Å². The second-order valence-electron chi connectivity index (χ2n) is 5.79. The van der Waals surface area contributed by atoms with Crippen LogP contribution in [0.4, 0.5) is 4.39 Å². The van der Waals surface area contributed by atoms with Crippen LogP contribution in [0.5, 0.6) is 11.5 Å². The Morgan fingerprint density at radius 1 is 1.16 bits per heavy atom. The van der Waals surface area contributed by atoms with Gasteiger partial charge in [0.15, 0.2) is 11.6 Å². The zero-order valence-electron chi connectivity index (χ0n) is 14.6. The number of carbonyl (C=O) groups excluding carboxylic acids is 1. The van der Waals surface area contributed by atoms with Crippen molar-refractivity contribution in [2.45, 2.75) is 19.9 Å². The molecule has 0 aromatic heterocycles. The highest BCUT2D eigenvalue weighted by atomic mass is 35.5. The fraction of sp³-hybridized carbons (Fsp3) is 0.316. The van der Waals surface area contributed by atoms with E-state index >= 15 is 0 Å². The predicted molar refractivity (Wildman–Crippen MR) is 99.8 cm³/mol. The highest BCUT2D eigenvalue weighted by Crippen LogP contribution is 2.26.